The Bertz CT molecular complexity index is 438. The summed E-state index contributed by atoms with van der Waals surface area (Å²) in [6, 6.07) is 6.75. The normalized spacial score (nSPS) is 10.6. The number of unbranched alkanes of at least 4 members (excludes halogenated alkanes) is 15. The minimum Gasteiger partial charge on any atom is -0.333 e. The number of hydrogen-bond acceptors (Lipinski definition) is 1. The molecule has 1 aromatic rings. The van der Waals surface area contributed by atoms with Gasteiger partial charge in [0.05, 0.1) is 0 Å². The maximum Gasteiger partial charge on any atom is -0.0195 e. The Labute approximate surface area is 177 Å². The molecule has 2 N–H and O–H groups in total. The van der Waals surface area contributed by atoms with Crippen molar-refractivity contribution in [1.82, 2.24) is 0 Å². The Balaban J connectivity index is 0.00000352. The average Bonchev–Trinajstić information content (AvgIpc) is 2.72. The quantitative estimate of drug-likeness (QED) is 0.265. The number of rotatable bonds is 17. The van der Waals surface area contributed by atoms with Crippen LogP contribution in [0.5, 0.6) is 0 Å². The van der Waals surface area contributed by atoms with Gasteiger partial charge in [-0.05, 0) is 50.4 Å². The lowest BCUT2D eigenvalue weighted by Gasteiger charge is -2.08. The van der Waals surface area contributed by atoms with Crippen molar-refractivity contribution in [3.05, 3.63) is 34.9 Å². The fourth-order valence-electron chi connectivity index (χ4n) is 3.95. The molecule has 1 aromatic carbocycles. The molecule has 0 fully saturated rings. The van der Waals surface area contributed by atoms with Crippen LogP contribution in [0.1, 0.15) is 126 Å². The van der Waals surface area contributed by atoms with Gasteiger partial charge < -0.3 is 5.73 Å². The van der Waals surface area contributed by atoms with E-state index in [0.717, 1.165) is 0 Å². The van der Waals surface area contributed by atoms with Crippen LogP contribution in [0.4, 0.5) is 0 Å². The van der Waals surface area contributed by atoms with Gasteiger partial charge in [-0.3, -0.25) is 0 Å². The molecular weight excluding hydrogens is 338 g/mol. The van der Waals surface area contributed by atoms with Crippen molar-refractivity contribution in [1.29, 1.82) is 0 Å². The molecule has 0 amide bonds. The maximum absolute atomic E-state index is 4.50. The highest BCUT2D eigenvalue weighted by Gasteiger charge is 2.00. The standard InChI is InChI=1S/C26H46.CH5N/c1-4-5-6-7-8-9-10-11-12-13-14-15-16-17-18-19-22-26-23-20-21-24(2)25(26)3;1-2/h20-21,23H,4-19,22H2,1-3H3;2H2,1H3. The van der Waals surface area contributed by atoms with Crippen LogP contribution < -0.4 is 5.73 Å². The van der Waals surface area contributed by atoms with Crippen LogP contribution in [0.3, 0.4) is 0 Å². The van der Waals surface area contributed by atoms with Gasteiger partial charge in [-0.2, -0.15) is 0 Å². The maximum atomic E-state index is 4.50. The Morgan fingerprint density at radius 1 is 0.571 bits per heavy atom. The number of benzene rings is 1. The molecule has 0 heterocycles. The van der Waals surface area contributed by atoms with Crippen molar-refractivity contribution < 1.29 is 0 Å². The summed E-state index contributed by atoms with van der Waals surface area (Å²) in [7, 11) is 1.50. The van der Waals surface area contributed by atoms with Crippen molar-refractivity contribution in [3.8, 4) is 0 Å². The molecule has 0 radical (unpaired) electrons. The first kappa shape index (κ1) is 27.2. The molecule has 1 heteroatoms. The summed E-state index contributed by atoms with van der Waals surface area (Å²) in [5, 5.41) is 0. The van der Waals surface area contributed by atoms with Crippen LogP contribution in [0.15, 0.2) is 18.2 Å². The second-order valence-electron chi connectivity index (χ2n) is 8.41. The zero-order chi connectivity index (χ0) is 20.9. The highest BCUT2D eigenvalue weighted by Crippen LogP contribution is 2.17. The first-order valence-electron chi connectivity index (χ1n) is 12.4. The van der Waals surface area contributed by atoms with Crippen molar-refractivity contribution in [2.24, 2.45) is 5.73 Å². The number of nitrogens with two attached hydrogens (primary N) is 1. The Kier molecular flexibility index (Phi) is 20.3. The molecule has 0 bridgehead atoms. The Morgan fingerprint density at radius 2 is 0.964 bits per heavy atom. The Hall–Kier alpha value is -0.820. The first-order valence-corrected chi connectivity index (χ1v) is 12.4. The van der Waals surface area contributed by atoms with Gasteiger partial charge in [-0.25, -0.2) is 0 Å². The van der Waals surface area contributed by atoms with E-state index in [1.165, 1.54) is 127 Å². The highest BCUT2D eigenvalue weighted by molar-refractivity contribution is 5.33. The van der Waals surface area contributed by atoms with E-state index in [9.17, 15) is 0 Å². The van der Waals surface area contributed by atoms with E-state index >= 15 is 0 Å². The predicted molar refractivity (Wildman–Crippen MR) is 129 cm³/mol. The third kappa shape index (κ3) is 15.1. The Morgan fingerprint density at radius 3 is 1.39 bits per heavy atom. The lowest BCUT2D eigenvalue weighted by molar-refractivity contribution is 0.529. The summed E-state index contributed by atoms with van der Waals surface area (Å²) in [6.07, 6.45) is 24.4. The second kappa shape index (κ2) is 20.9. The van der Waals surface area contributed by atoms with E-state index in [1.54, 1.807) is 5.56 Å². The molecule has 0 saturated carbocycles. The van der Waals surface area contributed by atoms with Gasteiger partial charge in [0.1, 0.15) is 0 Å². The topological polar surface area (TPSA) is 26.0 Å². The molecule has 28 heavy (non-hydrogen) atoms. The highest BCUT2D eigenvalue weighted by atomic mass is 14.4. The molecule has 164 valence electrons. The molecule has 0 atom stereocenters. The molecular formula is C27H51N. The van der Waals surface area contributed by atoms with Gasteiger partial charge in [0.2, 0.25) is 0 Å². The molecule has 0 aliphatic carbocycles. The van der Waals surface area contributed by atoms with Gasteiger partial charge in [0.25, 0.3) is 0 Å². The summed E-state index contributed by atoms with van der Waals surface area (Å²) in [4.78, 5) is 0. The second-order valence-corrected chi connectivity index (χ2v) is 8.41. The number of aryl methyl sites for hydroxylation is 2. The lowest BCUT2D eigenvalue weighted by Crippen LogP contribution is -1.92. The summed E-state index contributed by atoms with van der Waals surface area (Å²) in [6.45, 7) is 6.80. The predicted octanol–water partition coefficient (Wildman–Crippen LogP) is 8.68. The van der Waals surface area contributed by atoms with Crippen molar-refractivity contribution in [2.75, 3.05) is 7.05 Å². The van der Waals surface area contributed by atoms with Gasteiger partial charge in [0.15, 0.2) is 0 Å². The summed E-state index contributed by atoms with van der Waals surface area (Å²) < 4.78 is 0. The third-order valence-corrected chi connectivity index (χ3v) is 6.02. The molecule has 1 nitrogen and oxygen atoms in total. The van der Waals surface area contributed by atoms with Gasteiger partial charge in [-0.1, -0.05) is 121 Å². The van der Waals surface area contributed by atoms with E-state index in [4.69, 9.17) is 0 Å². The van der Waals surface area contributed by atoms with Crippen molar-refractivity contribution in [2.45, 2.75) is 130 Å². The molecule has 0 unspecified atom stereocenters. The smallest absolute Gasteiger partial charge is 0.0195 e. The van der Waals surface area contributed by atoms with E-state index in [1.807, 2.05) is 0 Å². The fraction of sp³-hybridized carbons (Fsp3) is 0.778. The fourth-order valence-corrected chi connectivity index (χ4v) is 3.95. The zero-order valence-electron chi connectivity index (χ0n) is 19.8. The monoisotopic (exact) mass is 389 g/mol. The molecule has 0 aromatic heterocycles. The third-order valence-electron chi connectivity index (χ3n) is 6.02. The van der Waals surface area contributed by atoms with Crippen LogP contribution in [-0.4, -0.2) is 7.05 Å². The molecule has 1 rings (SSSR count). The van der Waals surface area contributed by atoms with Crippen LogP contribution in [0.25, 0.3) is 0 Å². The number of hydrogen-bond donors (Lipinski definition) is 1. The van der Waals surface area contributed by atoms with Crippen LogP contribution in [0.2, 0.25) is 0 Å². The summed E-state index contributed by atoms with van der Waals surface area (Å²) >= 11 is 0. The summed E-state index contributed by atoms with van der Waals surface area (Å²) in [5.41, 5.74) is 9.02. The van der Waals surface area contributed by atoms with Gasteiger partial charge in [0, 0.05) is 0 Å². The van der Waals surface area contributed by atoms with Crippen molar-refractivity contribution >= 4 is 0 Å². The molecule has 0 saturated heterocycles. The minimum atomic E-state index is 1.27. The largest absolute Gasteiger partial charge is 0.333 e. The van der Waals surface area contributed by atoms with Gasteiger partial charge in [-0.15, -0.1) is 0 Å². The van der Waals surface area contributed by atoms with E-state index in [0.29, 0.717) is 0 Å². The molecule has 0 aliphatic heterocycles. The molecule has 0 spiro atoms. The minimum absolute atomic E-state index is 1.27. The van der Waals surface area contributed by atoms with E-state index in [-0.39, 0.29) is 0 Å². The van der Waals surface area contributed by atoms with E-state index in [2.05, 4.69) is 44.7 Å². The lowest BCUT2D eigenvalue weighted by atomic mass is 9.98. The zero-order valence-corrected chi connectivity index (χ0v) is 19.8. The van der Waals surface area contributed by atoms with Crippen molar-refractivity contribution in [3.63, 3.8) is 0 Å². The van der Waals surface area contributed by atoms with Crippen LogP contribution >= 0.6 is 0 Å². The average molecular weight is 390 g/mol. The SMILES string of the molecule is CCCCCCCCCCCCCCCCCCc1cccc(C)c1C.CN. The molecule has 0 aliphatic rings. The summed E-state index contributed by atoms with van der Waals surface area (Å²) in [5.74, 6) is 0. The first-order chi connectivity index (χ1) is 13.8. The van der Waals surface area contributed by atoms with Crippen LogP contribution in [0, 0.1) is 13.8 Å². The van der Waals surface area contributed by atoms with Gasteiger partial charge >= 0.3 is 0 Å². The van der Waals surface area contributed by atoms with Crippen LogP contribution in [-0.2, 0) is 6.42 Å². The van der Waals surface area contributed by atoms with E-state index < -0.39 is 0 Å².